The van der Waals surface area contributed by atoms with Gasteiger partial charge in [0.2, 0.25) is 5.82 Å². The maximum absolute atomic E-state index is 13.3. The van der Waals surface area contributed by atoms with Crippen molar-refractivity contribution in [2.75, 3.05) is 7.05 Å². The summed E-state index contributed by atoms with van der Waals surface area (Å²) in [5.74, 6) is -0.856. The summed E-state index contributed by atoms with van der Waals surface area (Å²) in [5, 5.41) is 19.1. The molecule has 0 radical (unpaired) electrons. The van der Waals surface area contributed by atoms with Crippen LogP contribution < -0.4 is 0 Å². The lowest BCUT2D eigenvalue weighted by atomic mass is 10.1. The van der Waals surface area contributed by atoms with Crippen molar-refractivity contribution in [2.24, 2.45) is 0 Å². The Morgan fingerprint density at radius 3 is 2.76 bits per heavy atom. The first kappa shape index (κ1) is 13.1. The van der Waals surface area contributed by atoms with Gasteiger partial charge < -0.3 is 0 Å². The minimum atomic E-state index is -0.856. The molecule has 17 heavy (non-hydrogen) atoms. The van der Waals surface area contributed by atoms with E-state index in [4.69, 9.17) is 5.26 Å². The molecule has 0 aliphatic rings. The van der Waals surface area contributed by atoms with Crippen LogP contribution in [0.15, 0.2) is 18.2 Å². The van der Waals surface area contributed by atoms with Crippen molar-refractivity contribution >= 4 is 5.69 Å². The molecule has 1 atom stereocenters. The highest BCUT2D eigenvalue weighted by atomic mass is 19.1. The van der Waals surface area contributed by atoms with Crippen molar-refractivity contribution in [3.8, 4) is 6.07 Å². The minimum Gasteiger partial charge on any atom is -0.287 e. The van der Waals surface area contributed by atoms with E-state index in [1.165, 1.54) is 6.07 Å². The lowest BCUT2D eigenvalue weighted by Crippen LogP contribution is -2.27. The average Bonchev–Trinajstić information content (AvgIpc) is 2.27. The zero-order chi connectivity index (χ0) is 13.0. The van der Waals surface area contributed by atoms with Gasteiger partial charge in [0.15, 0.2) is 0 Å². The zero-order valence-electron chi connectivity index (χ0n) is 9.55. The molecule has 0 spiro atoms. The summed E-state index contributed by atoms with van der Waals surface area (Å²) in [7, 11) is 1.73. The van der Waals surface area contributed by atoms with Crippen LogP contribution in [0.2, 0.25) is 0 Å². The molecule has 0 N–H and O–H groups in total. The maximum Gasteiger partial charge on any atom is 0.304 e. The monoisotopic (exact) mass is 237 g/mol. The third-order valence-corrected chi connectivity index (χ3v) is 2.49. The van der Waals surface area contributed by atoms with E-state index in [9.17, 15) is 14.5 Å². The van der Waals surface area contributed by atoms with Gasteiger partial charge in [-0.15, -0.1) is 0 Å². The summed E-state index contributed by atoms with van der Waals surface area (Å²) >= 11 is 0. The number of benzene rings is 1. The molecule has 0 fully saturated rings. The van der Waals surface area contributed by atoms with Gasteiger partial charge in [-0.25, -0.2) is 0 Å². The minimum absolute atomic E-state index is 0.298. The molecular formula is C11H12FN3O2. The van der Waals surface area contributed by atoms with Crippen molar-refractivity contribution in [3.05, 3.63) is 39.7 Å². The van der Waals surface area contributed by atoms with E-state index in [0.717, 1.165) is 12.1 Å². The van der Waals surface area contributed by atoms with Gasteiger partial charge in [0.1, 0.15) is 0 Å². The molecule has 1 aromatic rings. The number of rotatable bonds is 4. The quantitative estimate of drug-likeness (QED) is 0.593. The van der Waals surface area contributed by atoms with Gasteiger partial charge in [0.25, 0.3) is 0 Å². The highest BCUT2D eigenvalue weighted by molar-refractivity contribution is 5.35. The lowest BCUT2D eigenvalue weighted by molar-refractivity contribution is -0.387. The molecule has 0 aliphatic heterocycles. The summed E-state index contributed by atoms with van der Waals surface area (Å²) in [4.78, 5) is 11.4. The molecule has 0 amide bonds. The first-order valence-electron chi connectivity index (χ1n) is 4.98. The molecule has 0 saturated carbocycles. The second-order valence-corrected chi connectivity index (χ2v) is 3.76. The summed E-state index contributed by atoms with van der Waals surface area (Å²) in [6.45, 7) is 2.09. The van der Waals surface area contributed by atoms with Gasteiger partial charge in [-0.2, -0.15) is 9.65 Å². The fourth-order valence-corrected chi connectivity index (χ4v) is 1.32. The number of nitro groups is 1. The third-order valence-electron chi connectivity index (χ3n) is 2.49. The Balaban J connectivity index is 2.85. The Kier molecular flexibility index (Phi) is 4.12. The van der Waals surface area contributed by atoms with Crippen LogP contribution in [0, 0.1) is 27.3 Å². The molecular weight excluding hydrogens is 225 g/mol. The molecule has 5 nitrogen and oxygen atoms in total. The second-order valence-electron chi connectivity index (χ2n) is 3.76. The van der Waals surface area contributed by atoms with Crippen molar-refractivity contribution in [1.82, 2.24) is 4.90 Å². The fraction of sp³-hybridized carbons (Fsp3) is 0.364. The van der Waals surface area contributed by atoms with Gasteiger partial charge in [0, 0.05) is 12.6 Å². The van der Waals surface area contributed by atoms with Crippen molar-refractivity contribution in [1.29, 1.82) is 5.26 Å². The highest BCUT2D eigenvalue weighted by Crippen LogP contribution is 2.19. The largest absolute Gasteiger partial charge is 0.304 e. The fourth-order valence-electron chi connectivity index (χ4n) is 1.32. The Labute approximate surface area is 98.2 Å². The van der Waals surface area contributed by atoms with E-state index in [-0.39, 0.29) is 6.04 Å². The Morgan fingerprint density at radius 2 is 2.29 bits per heavy atom. The van der Waals surface area contributed by atoms with Crippen LogP contribution in [0.4, 0.5) is 10.1 Å². The number of nitriles is 1. The molecule has 1 rings (SSSR count). The van der Waals surface area contributed by atoms with Crippen LogP contribution in [0.25, 0.3) is 0 Å². The van der Waals surface area contributed by atoms with Crippen molar-refractivity contribution in [2.45, 2.75) is 19.5 Å². The molecule has 1 aromatic carbocycles. The summed E-state index contributed by atoms with van der Waals surface area (Å²) in [6, 6.07) is 5.50. The average molecular weight is 237 g/mol. The van der Waals surface area contributed by atoms with Crippen LogP contribution in [0.1, 0.15) is 12.5 Å². The first-order valence-corrected chi connectivity index (χ1v) is 4.98. The summed E-state index contributed by atoms with van der Waals surface area (Å²) in [5.41, 5.74) is 0.0578. The Hall–Kier alpha value is -2.00. The molecule has 0 bridgehead atoms. The van der Waals surface area contributed by atoms with E-state index in [0.29, 0.717) is 12.1 Å². The number of nitrogens with zero attached hydrogens (tertiary/aromatic N) is 3. The predicted molar refractivity (Wildman–Crippen MR) is 59.6 cm³/mol. The predicted octanol–water partition coefficient (Wildman–Crippen LogP) is 2.08. The summed E-state index contributed by atoms with van der Waals surface area (Å²) in [6.07, 6.45) is 0. The Bertz CT molecular complexity index is 470. The first-order chi connectivity index (χ1) is 7.95. The standard InChI is InChI=1S/C11H12FN3O2/c1-8(6-13)14(2)7-9-3-4-11(15(16)17)10(12)5-9/h3-5,8H,7H2,1-2H3. The van der Waals surface area contributed by atoms with Crippen LogP contribution in [0.3, 0.4) is 0 Å². The van der Waals surface area contributed by atoms with Crippen molar-refractivity contribution in [3.63, 3.8) is 0 Å². The van der Waals surface area contributed by atoms with Gasteiger partial charge in [-0.1, -0.05) is 6.07 Å². The van der Waals surface area contributed by atoms with Crippen molar-refractivity contribution < 1.29 is 9.31 Å². The smallest absolute Gasteiger partial charge is 0.287 e. The normalized spacial score (nSPS) is 12.2. The van der Waals surface area contributed by atoms with E-state index in [1.54, 1.807) is 18.9 Å². The van der Waals surface area contributed by atoms with Gasteiger partial charge in [0.05, 0.1) is 17.0 Å². The van der Waals surface area contributed by atoms with Crippen LogP contribution in [-0.2, 0) is 6.54 Å². The zero-order valence-corrected chi connectivity index (χ0v) is 9.55. The number of halogens is 1. The maximum atomic E-state index is 13.3. The summed E-state index contributed by atoms with van der Waals surface area (Å²) < 4.78 is 13.3. The molecule has 1 unspecified atom stereocenters. The highest BCUT2D eigenvalue weighted by Gasteiger charge is 2.15. The molecule has 6 heteroatoms. The lowest BCUT2D eigenvalue weighted by Gasteiger charge is -2.18. The van der Waals surface area contributed by atoms with Crippen LogP contribution in [0.5, 0.6) is 0 Å². The van der Waals surface area contributed by atoms with E-state index < -0.39 is 16.4 Å². The van der Waals surface area contributed by atoms with E-state index in [2.05, 4.69) is 6.07 Å². The van der Waals surface area contributed by atoms with E-state index in [1.807, 2.05) is 0 Å². The SMILES string of the molecule is CC(C#N)N(C)Cc1ccc([N+](=O)[O-])c(F)c1. The topological polar surface area (TPSA) is 70.2 Å². The molecule has 90 valence electrons. The Morgan fingerprint density at radius 1 is 1.65 bits per heavy atom. The molecule has 0 aliphatic carbocycles. The van der Waals surface area contributed by atoms with Gasteiger partial charge in [-0.3, -0.25) is 15.0 Å². The molecule has 0 aromatic heterocycles. The van der Waals surface area contributed by atoms with Gasteiger partial charge in [-0.05, 0) is 25.6 Å². The second kappa shape index (κ2) is 5.37. The third kappa shape index (κ3) is 3.23. The number of nitro benzene ring substituents is 1. The van der Waals surface area contributed by atoms with Gasteiger partial charge >= 0.3 is 5.69 Å². The van der Waals surface area contributed by atoms with Crippen LogP contribution >= 0.6 is 0 Å². The molecule has 0 saturated heterocycles. The number of hydrogen-bond acceptors (Lipinski definition) is 4. The van der Waals surface area contributed by atoms with Crippen LogP contribution in [-0.4, -0.2) is 22.9 Å². The molecule has 0 heterocycles. The van der Waals surface area contributed by atoms with E-state index >= 15 is 0 Å². The number of hydrogen-bond donors (Lipinski definition) is 0.